The first-order chi connectivity index (χ1) is 28.9. The lowest BCUT2D eigenvalue weighted by Gasteiger charge is -2.58. The normalized spacial score (nSPS) is 55.2. The Morgan fingerprint density at radius 1 is 0.721 bits per heavy atom. The fourth-order valence-electron chi connectivity index (χ4n) is 13.3. The van der Waals surface area contributed by atoms with E-state index in [1.54, 1.807) is 0 Å². The molecule has 0 bridgehead atoms. The van der Waals surface area contributed by atoms with Crippen molar-refractivity contribution in [3.63, 3.8) is 0 Å². The SMILES string of the molecule is CC(CO)CCC1OC2CC3C4CC=C5CC(OC6OC(CO)C(OC7OC(O)C(O)C(O)C7O)C(O)C6OC6OC(C)C(O)C(O)C6O)CCC5(C)C4CCC3(C)C2C1C. The summed E-state index contributed by atoms with van der Waals surface area (Å²) in [6, 6.07) is 0. The van der Waals surface area contributed by atoms with Crippen LogP contribution >= 0.6 is 0 Å². The Bertz CT molecular complexity index is 1540. The summed E-state index contributed by atoms with van der Waals surface area (Å²) in [5.74, 6) is 2.92. The Hall–Kier alpha value is -0.940. The zero-order chi connectivity index (χ0) is 43.9. The molecule has 10 N–H and O–H groups in total. The van der Waals surface area contributed by atoms with E-state index in [1.807, 2.05) is 0 Å². The van der Waals surface area contributed by atoms with Crippen molar-refractivity contribution in [2.24, 2.45) is 46.3 Å². The van der Waals surface area contributed by atoms with Crippen LogP contribution in [-0.2, 0) is 33.2 Å². The molecule has 26 atom stereocenters. The largest absolute Gasteiger partial charge is 0.396 e. The van der Waals surface area contributed by atoms with Crippen molar-refractivity contribution in [3.8, 4) is 0 Å². The number of hydrogen-bond acceptors (Lipinski definition) is 17. The van der Waals surface area contributed by atoms with Gasteiger partial charge in [-0.15, -0.1) is 0 Å². The van der Waals surface area contributed by atoms with Crippen LogP contribution in [0.4, 0.5) is 0 Å². The fraction of sp³-hybridized carbons (Fsp3) is 0.955. The zero-order valence-electron chi connectivity index (χ0n) is 36.0. The molecule has 4 heterocycles. The number of aliphatic hydroxyl groups is 10. The van der Waals surface area contributed by atoms with Gasteiger partial charge in [-0.25, -0.2) is 0 Å². The molecule has 17 nitrogen and oxygen atoms in total. The highest BCUT2D eigenvalue weighted by atomic mass is 16.8. The van der Waals surface area contributed by atoms with Crippen LogP contribution in [-0.4, -0.2) is 175 Å². The number of rotatable bonds is 11. The molecule has 61 heavy (non-hydrogen) atoms. The predicted octanol–water partition coefficient (Wildman–Crippen LogP) is -0.194. The van der Waals surface area contributed by atoms with Gasteiger partial charge in [0.1, 0.15) is 61.0 Å². The Morgan fingerprint density at radius 2 is 1.41 bits per heavy atom. The van der Waals surface area contributed by atoms with Gasteiger partial charge in [0.25, 0.3) is 0 Å². The van der Waals surface area contributed by atoms with Gasteiger partial charge < -0.3 is 84.2 Å². The van der Waals surface area contributed by atoms with Crippen molar-refractivity contribution in [2.45, 2.75) is 203 Å². The standard InChI is InChI=1S/C44H72O17/c1-18(16-45)6-9-26-19(2)29-27(57-26)15-25-23-8-7-21-14-22(10-12-43(21,4)24(23)11-13-44(25,29)5)56-42-38(60-40-34(51)31(48)30(47)20(3)55-40)36(53)37(28(17-46)58-42)59-41-35(52)32(49)33(50)39(54)61-41/h7,18-20,22-42,45-54H,6,8-17H2,1-5H3. The van der Waals surface area contributed by atoms with E-state index in [9.17, 15) is 51.1 Å². The first-order valence-corrected chi connectivity index (χ1v) is 22.9. The van der Waals surface area contributed by atoms with Crippen LogP contribution in [0.3, 0.4) is 0 Å². The molecule has 8 rings (SSSR count). The van der Waals surface area contributed by atoms with E-state index in [0.717, 1.165) is 44.9 Å². The third-order valence-corrected chi connectivity index (χ3v) is 17.0. The molecule has 4 saturated heterocycles. The summed E-state index contributed by atoms with van der Waals surface area (Å²) in [5, 5.41) is 105. The second kappa shape index (κ2) is 18.0. The smallest absolute Gasteiger partial charge is 0.189 e. The number of aliphatic hydroxyl groups excluding tert-OH is 10. The summed E-state index contributed by atoms with van der Waals surface area (Å²) in [6.07, 6.45) is -13.1. The molecule has 0 aromatic carbocycles. The summed E-state index contributed by atoms with van der Waals surface area (Å²) in [4.78, 5) is 0. The van der Waals surface area contributed by atoms with Crippen LogP contribution in [0, 0.1) is 46.3 Å². The number of fused-ring (bicyclic) bond motifs is 7. The van der Waals surface area contributed by atoms with Crippen molar-refractivity contribution >= 4 is 0 Å². The van der Waals surface area contributed by atoms with E-state index in [0.29, 0.717) is 42.4 Å². The maximum atomic E-state index is 11.9. The number of hydrogen-bond donors (Lipinski definition) is 10. The van der Waals surface area contributed by atoms with E-state index < -0.39 is 105 Å². The first-order valence-electron chi connectivity index (χ1n) is 22.9. The fourth-order valence-corrected chi connectivity index (χ4v) is 13.3. The molecule has 0 aromatic heterocycles. The van der Waals surface area contributed by atoms with E-state index in [2.05, 4.69) is 33.8 Å². The molecule has 0 spiro atoms. The van der Waals surface area contributed by atoms with Crippen LogP contribution in [0.2, 0.25) is 0 Å². The average Bonchev–Trinajstić information content (AvgIpc) is 3.73. The molecule has 350 valence electrons. The molecule has 26 unspecified atom stereocenters. The van der Waals surface area contributed by atoms with Gasteiger partial charge in [-0.1, -0.05) is 39.3 Å². The Kier molecular flexibility index (Phi) is 13.8. The summed E-state index contributed by atoms with van der Waals surface area (Å²) >= 11 is 0. The van der Waals surface area contributed by atoms with Gasteiger partial charge in [0.2, 0.25) is 0 Å². The lowest BCUT2D eigenvalue weighted by molar-refractivity contribution is -0.397. The molecular formula is C44H72O17. The highest BCUT2D eigenvalue weighted by molar-refractivity contribution is 5.26. The highest BCUT2D eigenvalue weighted by Gasteiger charge is 2.65. The monoisotopic (exact) mass is 872 g/mol. The topological polar surface area (TPSA) is 267 Å². The van der Waals surface area contributed by atoms with E-state index in [-0.39, 0.29) is 35.6 Å². The Balaban J connectivity index is 0.978. The minimum atomic E-state index is -1.94. The quantitative estimate of drug-likeness (QED) is 0.121. The van der Waals surface area contributed by atoms with Crippen LogP contribution in [0.25, 0.3) is 0 Å². The van der Waals surface area contributed by atoms with Crippen molar-refractivity contribution < 1.29 is 84.2 Å². The van der Waals surface area contributed by atoms with Crippen molar-refractivity contribution in [1.29, 1.82) is 0 Å². The molecule has 0 radical (unpaired) electrons. The van der Waals surface area contributed by atoms with Gasteiger partial charge >= 0.3 is 0 Å². The van der Waals surface area contributed by atoms with Crippen LogP contribution in [0.15, 0.2) is 11.6 Å². The van der Waals surface area contributed by atoms with E-state index in [1.165, 1.54) is 12.5 Å². The molecular weight excluding hydrogens is 800 g/mol. The predicted molar refractivity (Wildman–Crippen MR) is 212 cm³/mol. The van der Waals surface area contributed by atoms with Gasteiger partial charge in [-0.2, -0.15) is 0 Å². The molecule has 4 aliphatic heterocycles. The minimum Gasteiger partial charge on any atom is -0.396 e. The highest BCUT2D eigenvalue weighted by Crippen LogP contribution is 2.69. The van der Waals surface area contributed by atoms with Crippen LogP contribution in [0.5, 0.6) is 0 Å². The zero-order valence-corrected chi connectivity index (χ0v) is 36.0. The lowest BCUT2D eigenvalue weighted by Crippen LogP contribution is -2.66. The maximum absolute atomic E-state index is 11.9. The third kappa shape index (κ3) is 8.21. The maximum Gasteiger partial charge on any atom is 0.189 e. The summed E-state index contributed by atoms with van der Waals surface area (Å²) in [5.41, 5.74) is 1.50. The summed E-state index contributed by atoms with van der Waals surface area (Å²) < 4.78 is 42.6. The number of ether oxygens (including phenoxy) is 7. The van der Waals surface area contributed by atoms with Gasteiger partial charge in [-0.3, -0.25) is 0 Å². The molecule has 7 fully saturated rings. The Morgan fingerprint density at radius 3 is 2.11 bits per heavy atom. The van der Waals surface area contributed by atoms with Crippen LogP contribution in [0.1, 0.15) is 92.4 Å². The third-order valence-electron chi connectivity index (χ3n) is 17.0. The van der Waals surface area contributed by atoms with Crippen molar-refractivity contribution in [2.75, 3.05) is 13.2 Å². The average molecular weight is 873 g/mol. The second-order valence-corrected chi connectivity index (χ2v) is 20.5. The van der Waals surface area contributed by atoms with E-state index in [4.69, 9.17) is 33.2 Å². The van der Waals surface area contributed by atoms with Gasteiger partial charge in [0.15, 0.2) is 25.2 Å². The molecule has 3 saturated carbocycles. The lowest BCUT2D eigenvalue weighted by atomic mass is 9.47. The van der Waals surface area contributed by atoms with Gasteiger partial charge in [-0.05, 0) is 111 Å². The van der Waals surface area contributed by atoms with Crippen molar-refractivity contribution in [1.82, 2.24) is 0 Å². The second-order valence-electron chi connectivity index (χ2n) is 20.5. The minimum absolute atomic E-state index is 0.0383. The first kappa shape index (κ1) is 46.6. The van der Waals surface area contributed by atoms with E-state index >= 15 is 0 Å². The summed E-state index contributed by atoms with van der Waals surface area (Å²) in [6.45, 7) is 10.4. The summed E-state index contributed by atoms with van der Waals surface area (Å²) in [7, 11) is 0. The van der Waals surface area contributed by atoms with Gasteiger partial charge in [0, 0.05) is 6.61 Å². The van der Waals surface area contributed by atoms with Crippen molar-refractivity contribution in [3.05, 3.63) is 11.6 Å². The Labute approximate surface area is 357 Å². The molecule has 0 aromatic rings. The number of allylic oxidation sites excluding steroid dienone is 1. The molecule has 17 heteroatoms. The van der Waals surface area contributed by atoms with Gasteiger partial charge in [0.05, 0.1) is 31.0 Å². The molecule has 0 amide bonds. The molecule has 4 aliphatic carbocycles. The van der Waals surface area contributed by atoms with Crippen LogP contribution < -0.4 is 0 Å². The molecule has 8 aliphatic rings.